The van der Waals surface area contributed by atoms with Gasteiger partial charge in [0.25, 0.3) is 0 Å². The number of carbonyl (C=O) groups excluding carboxylic acids is 1. The number of aliphatic carboxylic acids is 1. The Morgan fingerprint density at radius 2 is 2.31 bits per heavy atom. The molecule has 0 spiro atoms. The Bertz CT molecular complexity index is 265. The van der Waals surface area contributed by atoms with Gasteiger partial charge in [-0.3, -0.25) is 4.79 Å². The summed E-state index contributed by atoms with van der Waals surface area (Å²) >= 11 is 3.12. The van der Waals surface area contributed by atoms with Gasteiger partial charge in [-0.05, 0) is 24.3 Å². The van der Waals surface area contributed by atoms with Gasteiger partial charge in [-0.25, -0.2) is 4.79 Å². The number of nitrogens with one attached hydrogen (secondary N) is 1. The largest absolute Gasteiger partial charge is 0.479 e. The number of thioether (sulfide) groups is 2. The fraction of sp³-hybridized carbons (Fsp3) is 0.800. The fourth-order valence-corrected chi connectivity index (χ4v) is 3.51. The standard InChI is InChI=1S/C10H17NO3S2/c1-2-4-15-6-8(12)11-10(9(13)14)3-5-16-7-10/h2-7H2,1H3,(H,11,12)(H,13,14). The molecule has 1 atom stereocenters. The predicted octanol–water partition coefficient (Wildman–Crippen LogP) is 1.21. The summed E-state index contributed by atoms with van der Waals surface area (Å²) in [5, 5.41) is 11.8. The zero-order valence-electron chi connectivity index (χ0n) is 9.32. The van der Waals surface area contributed by atoms with Crippen molar-refractivity contribution in [3.8, 4) is 0 Å². The molecule has 1 aliphatic heterocycles. The molecule has 6 heteroatoms. The first-order valence-electron chi connectivity index (χ1n) is 5.30. The molecular formula is C10H17NO3S2. The monoisotopic (exact) mass is 263 g/mol. The summed E-state index contributed by atoms with van der Waals surface area (Å²) in [7, 11) is 0. The van der Waals surface area contributed by atoms with Crippen molar-refractivity contribution in [2.75, 3.05) is 23.0 Å². The van der Waals surface area contributed by atoms with Gasteiger partial charge in [-0.2, -0.15) is 23.5 Å². The first-order chi connectivity index (χ1) is 7.60. The lowest BCUT2D eigenvalue weighted by Gasteiger charge is -2.24. The molecule has 16 heavy (non-hydrogen) atoms. The van der Waals surface area contributed by atoms with E-state index < -0.39 is 11.5 Å². The van der Waals surface area contributed by atoms with E-state index in [9.17, 15) is 9.59 Å². The Balaban J connectivity index is 2.43. The van der Waals surface area contributed by atoms with Gasteiger partial charge in [0.1, 0.15) is 5.54 Å². The zero-order chi connectivity index (χ0) is 12.0. The molecule has 1 unspecified atom stereocenters. The van der Waals surface area contributed by atoms with Crippen LogP contribution in [-0.4, -0.2) is 45.5 Å². The molecule has 0 aromatic rings. The number of carboxylic acid groups (broad SMARTS) is 1. The summed E-state index contributed by atoms with van der Waals surface area (Å²) in [6.07, 6.45) is 1.55. The molecule has 0 aliphatic carbocycles. The Morgan fingerprint density at radius 3 is 2.81 bits per heavy atom. The summed E-state index contributed by atoms with van der Waals surface area (Å²) in [5.74, 6) is 1.49. The number of carbonyl (C=O) groups is 2. The van der Waals surface area contributed by atoms with E-state index in [0.717, 1.165) is 17.9 Å². The number of hydrogen-bond donors (Lipinski definition) is 2. The Labute approximate surface area is 104 Å². The topological polar surface area (TPSA) is 66.4 Å². The summed E-state index contributed by atoms with van der Waals surface area (Å²) in [6, 6.07) is 0. The molecule has 0 radical (unpaired) electrons. The van der Waals surface area contributed by atoms with E-state index >= 15 is 0 Å². The van der Waals surface area contributed by atoms with Crippen molar-refractivity contribution in [2.45, 2.75) is 25.3 Å². The fourth-order valence-electron chi connectivity index (χ4n) is 1.50. The SMILES string of the molecule is CCCSCC(=O)NC1(C(=O)O)CCSC1. The normalized spacial score (nSPS) is 24.3. The van der Waals surface area contributed by atoms with Gasteiger partial charge >= 0.3 is 5.97 Å². The van der Waals surface area contributed by atoms with Gasteiger partial charge in [-0.15, -0.1) is 0 Å². The van der Waals surface area contributed by atoms with Crippen LogP contribution in [0.3, 0.4) is 0 Å². The van der Waals surface area contributed by atoms with Gasteiger partial charge in [0.05, 0.1) is 5.75 Å². The summed E-state index contributed by atoms with van der Waals surface area (Å²) in [6.45, 7) is 2.05. The van der Waals surface area contributed by atoms with Crippen LogP contribution in [0, 0.1) is 0 Å². The molecule has 0 aromatic carbocycles. The molecule has 1 rings (SSSR count). The number of carboxylic acids is 1. The van der Waals surface area contributed by atoms with E-state index in [0.29, 0.717) is 17.9 Å². The molecule has 0 aromatic heterocycles. The van der Waals surface area contributed by atoms with E-state index in [4.69, 9.17) is 5.11 Å². The first kappa shape index (κ1) is 13.7. The third-order valence-electron chi connectivity index (χ3n) is 2.39. The number of hydrogen-bond acceptors (Lipinski definition) is 4. The second kappa shape index (κ2) is 6.39. The van der Waals surface area contributed by atoms with E-state index in [-0.39, 0.29) is 5.91 Å². The Morgan fingerprint density at radius 1 is 1.56 bits per heavy atom. The molecule has 1 aliphatic rings. The lowest BCUT2D eigenvalue weighted by Crippen LogP contribution is -2.55. The maximum atomic E-state index is 11.6. The van der Waals surface area contributed by atoms with Crippen LogP contribution >= 0.6 is 23.5 Å². The molecule has 0 saturated carbocycles. The molecule has 0 bridgehead atoms. The van der Waals surface area contributed by atoms with Crippen LogP contribution in [0.25, 0.3) is 0 Å². The van der Waals surface area contributed by atoms with Crippen LogP contribution in [0.4, 0.5) is 0 Å². The van der Waals surface area contributed by atoms with Crippen LogP contribution in [0.1, 0.15) is 19.8 Å². The molecule has 1 saturated heterocycles. The minimum Gasteiger partial charge on any atom is -0.479 e. The minimum atomic E-state index is -1.02. The van der Waals surface area contributed by atoms with Crippen molar-refractivity contribution in [1.82, 2.24) is 5.32 Å². The quantitative estimate of drug-likeness (QED) is 0.705. The maximum Gasteiger partial charge on any atom is 0.330 e. The molecule has 1 fully saturated rings. The lowest BCUT2D eigenvalue weighted by atomic mass is 9.99. The highest BCUT2D eigenvalue weighted by atomic mass is 32.2. The molecule has 2 N–H and O–H groups in total. The molecule has 1 amide bonds. The second-order valence-corrected chi connectivity index (χ2v) is 6.00. The van der Waals surface area contributed by atoms with Crippen LogP contribution in [0.5, 0.6) is 0 Å². The van der Waals surface area contributed by atoms with Gasteiger partial charge < -0.3 is 10.4 Å². The summed E-state index contributed by atoms with van der Waals surface area (Å²) < 4.78 is 0. The highest BCUT2D eigenvalue weighted by Gasteiger charge is 2.43. The highest BCUT2D eigenvalue weighted by Crippen LogP contribution is 2.28. The van der Waals surface area contributed by atoms with Crippen molar-refractivity contribution in [3.05, 3.63) is 0 Å². The summed E-state index contributed by atoms with van der Waals surface area (Å²) in [4.78, 5) is 22.7. The van der Waals surface area contributed by atoms with Crippen LogP contribution in [0.2, 0.25) is 0 Å². The number of rotatable bonds is 6. The van der Waals surface area contributed by atoms with Crippen LogP contribution < -0.4 is 5.32 Å². The van der Waals surface area contributed by atoms with E-state index in [1.54, 1.807) is 23.5 Å². The van der Waals surface area contributed by atoms with Gasteiger partial charge in [0.15, 0.2) is 0 Å². The lowest BCUT2D eigenvalue weighted by molar-refractivity contribution is -0.146. The van der Waals surface area contributed by atoms with Crippen LogP contribution in [0.15, 0.2) is 0 Å². The zero-order valence-corrected chi connectivity index (χ0v) is 11.0. The predicted molar refractivity (Wildman–Crippen MR) is 68.1 cm³/mol. The molecule has 4 nitrogen and oxygen atoms in total. The molecule has 1 heterocycles. The Hall–Kier alpha value is -0.360. The van der Waals surface area contributed by atoms with E-state index in [1.165, 1.54) is 0 Å². The average molecular weight is 263 g/mol. The summed E-state index contributed by atoms with van der Waals surface area (Å²) in [5.41, 5.74) is -1.02. The maximum absolute atomic E-state index is 11.6. The van der Waals surface area contributed by atoms with Crippen molar-refractivity contribution < 1.29 is 14.7 Å². The van der Waals surface area contributed by atoms with Crippen LogP contribution in [-0.2, 0) is 9.59 Å². The van der Waals surface area contributed by atoms with Gasteiger partial charge in [-0.1, -0.05) is 6.92 Å². The van der Waals surface area contributed by atoms with Crippen molar-refractivity contribution in [2.24, 2.45) is 0 Å². The molecule has 92 valence electrons. The number of amides is 1. The first-order valence-corrected chi connectivity index (χ1v) is 7.61. The van der Waals surface area contributed by atoms with E-state index in [2.05, 4.69) is 12.2 Å². The molecular weight excluding hydrogens is 246 g/mol. The second-order valence-electron chi connectivity index (χ2n) is 3.79. The third-order valence-corrected chi connectivity index (χ3v) is 4.74. The van der Waals surface area contributed by atoms with Crippen molar-refractivity contribution >= 4 is 35.4 Å². The van der Waals surface area contributed by atoms with Gasteiger partial charge in [0.2, 0.25) is 5.91 Å². The minimum absolute atomic E-state index is 0.164. The smallest absolute Gasteiger partial charge is 0.330 e. The third kappa shape index (κ3) is 3.59. The Kier molecular flexibility index (Phi) is 5.48. The van der Waals surface area contributed by atoms with Crippen molar-refractivity contribution in [3.63, 3.8) is 0 Å². The average Bonchev–Trinajstić information content (AvgIpc) is 2.68. The van der Waals surface area contributed by atoms with Crippen molar-refractivity contribution in [1.29, 1.82) is 0 Å². The van der Waals surface area contributed by atoms with Gasteiger partial charge in [0, 0.05) is 5.75 Å². The van der Waals surface area contributed by atoms with E-state index in [1.807, 2.05) is 0 Å². The highest BCUT2D eigenvalue weighted by molar-refractivity contribution is 8.00.